The topological polar surface area (TPSA) is 112 Å². The Balaban J connectivity index is 3.26. The summed E-state index contributed by atoms with van der Waals surface area (Å²) in [6.07, 6.45) is -2.55. The van der Waals surface area contributed by atoms with E-state index in [0.29, 0.717) is 0 Å². The summed E-state index contributed by atoms with van der Waals surface area (Å²) in [4.78, 5) is 35.9. The van der Waals surface area contributed by atoms with Gasteiger partial charge in [0.2, 0.25) is 5.41 Å². The number of likely N-dealkylation sites (N-methyl/N-ethyl adjacent to an activating group) is 1. The second-order valence-electron chi connectivity index (χ2n) is 6.80. The third-order valence-corrected chi connectivity index (χ3v) is 3.52. The number of aliphatic hydroxyl groups is 2. The second-order valence-corrected chi connectivity index (χ2v) is 6.80. The van der Waals surface area contributed by atoms with E-state index in [4.69, 9.17) is 0 Å². The Bertz CT molecular complexity index is 428. The van der Waals surface area contributed by atoms with Gasteiger partial charge in [-0.3, -0.25) is 14.4 Å². The molecule has 0 aromatic rings. The van der Waals surface area contributed by atoms with Crippen molar-refractivity contribution in [1.82, 2.24) is 0 Å². The first-order valence-corrected chi connectivity index (χ1v) is 6.34. The van der Waals surface area contributed by atoms with Crippen LogP contribution in [0.4, 0.5) is 0 Å². The van der Waals surface area contributed by atoms with Crippen LogP contribution in [0.3, 0.4) is 0 Å². The number of Topliss-reactive ketones (excluding diaryl/α,β-unsaturated/α-hetero) is 2. The predicted molar refractivity (Wildman–Crippen MR) is 68.8 cm³/mol. The molecule has 20 heavy (non-hydrogen) atoms. The fourth-order valence-corrected chi connectivity index (χ4v) is 2.60. The number of carboxylic acids is 1. The summed E-state index contributed by atoms with van der Waals surface area (Å²) in [5.74, 6) is -3.52. The van der Waals surface area contributed by atoms with Crippen LogP contribution >= 0.6 is 0 Å². The molecule has 0 aromatic heterocycles. The van der Waals surface area contributed by atoms with E-state index in [1.165, 1.54) is 6.92 Å². The van der Waals surface area contributed by atoms with Crippen molar-refractivity contribution in [2.45, 2.75) is 31.5 Å². The number of aliphatic hydroxyl groups excluding tert-OH is 1. The van der Waals surface area contributed by atoms with Gasteiger partial charge in [0.15, 0.2) is 11.6 Å². The highest BCUT2D eigenvalue weighted by Gasteiger charge is 2.63. The van der Waals surface area contributed by atoms with E-state index < -0.39 is 47.5 Å². The van der Waals surface area contributed by atoms with Gasteiger partial charge in [0.1, 0.15) is 12.6 Å². The molecule has 1 aliphatic rings. The van der Waals surface area contributed by atoms with Crippen molar-refractivity contribution in [2.24, 2.45) is 5.41 Å². The monoisotopic (exact) mass is 288 g/mol. The van der Waals surface area contributed by atoms with E-state index in [9.17, 15) is 29.7 Å². The highest BCUT2D eigenvalue weighted by Crippen LogP contribution is 2.38. The van der Waals surface area contributed by atoms with Crippen molar-refractivity contribution in [1.29, 1.82) is 0 Å². The Morgan fingerprint density at radius 2 is 1.65 bits per heavy atom. The van der Waals surface area contributed by atoms with Crippen LogP contribution in [0.15, 0.2) is 0 Å². The number of hydrogen-bond donors (Lipinski definition) is 3. The first-order valence-electron chi connectivity index (χ1n) is 6.34. The molecule has 0 aromatic carbocycles. The fraction of sp³-hybridized carbons (Fsp3) is 0.769. The van der Waals surface area contributed by atoms with Crippen LogP contribution in [0.25, 0.3) is 0 Å². The number of rotatable bonds is 4. The van der Waals surface area contributed by atoms with Gasteiger partial charge in [-0.05, 0) is 6.92 Å². The number of hydrogen-bond acceptors (Lipinski definition) is 5. The third-order valence-electron chi connectivity index (χ3n) is 3.52. The van der Waals surface area contributed by atoms with E-state index in [-0.39, 0.29) is 11.0 Å². The second kappa shape index (κ2) is 4.91. The maximum Gasteiger partial charge on any atom is 0.327 e. The van der Waals surface area contributed by atoms with Crippen molar-refractivity contribution >= 4 is 17.5 Å². The molecule has 0 bridgehead atoms. The summed E-state index contributed by atoms with van der Waals surface area (Å²) in [5.41, 5.74) is -4.02. The largest absolute Gasteiger partial charge is 0.480 e. The molecule has 0 radical (unpaired) electrons. The molecule has 0 spiro atoms. The lowest BCUT2D eigenvalue weighted by Crippen LogP contribution is -2.64. The Morgan fingerprint density at radius 3 is 1.95 bits per heavy atom. The van der Waals surface area contributed by atoms with Crippen LogP contribution in [0.1, 0.15) is 19.8 Å². The Morgan fingerprint density at radius 1 is 1.25 bits per heavy atom. The number of quaternary nitrogens is 1. The molecule has 1 fully saturated rings. The zero-order chi connectivity index (χ0) is 15.9. The molecule has 1 rings (SSSR count). The summed E-state index contributed by atoms with van der Waals surface area (Å²) in [5, 5.41) is 29.4. The fourth-order valence-electron chi connectivity index (χ4n) is 2.60. The lowest BCUT2D eigenvalue weighted by atomic mass is 9.64. The lowest BCUT2D eigenvalue weighted by molar-refractivity contribution is -0.874. The normalized spacial score (nSPS) is 33.1. The van der Waals surface area contributed by atoms with Gasteiger partial charge in [0.25, 0.3) is 0 Å². The summed E-state index contributed by atoms with van der Waals surface area (Å²) < 4.78 is 0.202. The third kappa shape index (κ3) is 2.89. The molecule has 7 nitrogen and oxygen atoms in total. The number of aliphatic carboxylic acids is 1. The van der Waals surface area contributed by atoms with Gasteiger partial charge in [-0.2, -0.15) is 0 Å². The number of nitrogens with zero attached hydrogens (tertiary/aromatic N) is 1. The van der Waals surface area contributed by atoms with Crippen LogP contribution in [-0.4, -0.2) is 76.7 Å². The molecule has 0 saturated heterocycles. The Hall–Kier alpha value is -1.31. The SMILES string of the molecule is CC1(O)CC(=O)C(C(=O)O)(C(O)C[N+](C)(C)C)C(=O)C1. The molecule has 0 aliphatic heterocycles. The molecule has 1 saturated carbocycles. The minimum Gasteiger partial charge on any atom is -0.480 e. The molecule has 1 atom stereocenters. The van der Waals surface area contributed by atoms with Gasteiger partial charge in [-0.1, -0.05) is 0 Å². The van der Waals surface area contributed by atoms with Crippen LogP contribution in [-0.2, 0) is 14.4 Å². The molecular weight excluding hydrogens is 266 g/mol. The highest BCUT2D eigenvalue weighted by molar-refractivity contribution is 6.24. The minimum absolute atomic E-state index is 0.0636. The van der Waals surface area contributed by atoms with Crippen molar-refractivity contribution in [3.8, 4) is 0 Å². The molecule has 0 amide bonds. The van der Waals surface area contributed by atoms with Gasteiger partial charge in [0, 0.05) is 12.8 Å². The molecule has 0 heterocycles. The maximum atomic E-state index is 12.2. The smallest absolute Gasteiger partial charge is 0.327 e. The number of ketones is 2. The molecule has 3 N–H and O–H groups in total. The van der Waals surface area contributed by atoms with Crippen LogP contribution in [0.2, 0.25) is 0 Å². The average Bonchev–Trinajstić information content (AvgIpc) is 2.09. The van der Waals surface area contributed by atoms with E-state index in [1.54, 1.807) is 21.1 Å². The van der Waals surface area contributed by atoms with Crippen LogP contribution in [0.5, 0.6) is 0 Å². The van der Waals surface area contributed by atoms with Crippen LogP contribution < -0.4 is 0 Å². The Kier molecular flexibility index (Phi) is 4.11. The average molecular weight is 288 g/mol. The maximum absolute atomic E-state index is 12.2. The van der Waals surface area contributed by atoms with E-state index in [0.717, 1.165) is 0 Å². The first-order chi connectivity index (χ1) is 8.83. The summed E-state index contributed by atoms with van der Waals surface area (Å²) in [6, 6.07) is 0. The summed E-state index contributed by atoms with van der Waals surface area (Å²) in [6.45, 7) is 1.24. The molecule has 7 heteroatoms. The Labute approximate surface area is 117 Å². The molecule has 1 unspecified atom stereocenters. The van der Waals surface area contributed by atoms with Crippen molar-refractivity contribution in [3.05, 3.63) is 0 Å². The van der Waals surface area contributed by atoms with Crippen molar-refractivity contribution < 1.29 is 34.2 Å². The summed E-state index contributed by atoms with van der Waals surface area (Å²) >= 11 is 0. The van der Waals surface area contributed by atoms with E-state index >= 15 is 0 Å². The summed E-state index contributed by atoms with van der Waals surface area (Å²) in [7, 11) is 5.14. The number of carbonyl (C=O) groups is 3. The lowest BCUT2D eigenvalue weighted by Gasteiger charge is -2.41. The van der Waals surface area contributed by atoms with E-state index in [2.05, 4.69) is 0 Å². The molecule has 1 aliphatic carbocycles. The van der Waals surface area contributed by atoms with Gasteiger partial charge >= 0.3 is 5.97 Å². The zero-order valence-corrected chi connectivity index (χ0v) is 12.2. The minimum atomic E-state index is -2.46. The quantitative estimate of drug-likeness (QED) is 0.443. The van der Waals surface area contributed by atoms with Gasteiger partial charge in [-0.25, -0.2) is 0 Å². The van der Waals surface area contributed by atoms with Gasteiger partial charge in [0.05, 0.1) is 26.7 Å². The first kappa shape index (κ1) is 16.7. The predicted octanol–water partition coefficient (Wildman–Crippen LogP) is -1.19. The highest BCUT2D eigenvalue weighted by atomic mass is 16.4. The number of carboxylic acid groups (broad SMARTS) is 1. The standard InChI is InChI=1S/C13H21NO6/c1-12(20)5-8(15)13(11(18)19,9(16)6-12)10(17)7-14(2,3)4/h10,17,20H,5-7H2,1-4H3/p+1. The van der Waals surface area contributed by atoms with Crippen molar-refractivity contribution in [3.63, 3.8) is 0 Å². The van der Waals surface area contributed by atoms with E-state index in [1.807, 2.05) is 0 Å². The van der Waals surface area contributed by atoms with Crippen LogP contribution in [0, 0.1) is 5.41 Å². The molecule has 114 valence electrons. The molecular formula is C13H22NO6+. The van der Waals surface area contributed by atoms with Gasteiger partial charge < -0.3 is 19.8 Å². The zero-order valence-electron chi connectivity index (χ0n) is 12.2. The van der Waals surface area contributed by atoms with Gasteiger partial charge in [-0.15, -0.1) is 0 Å². The van der Waals surface area contributed by atoms with Crippen molar-refractivity contribution in [2.75, 3.05) is 27.7 Å². The number of carbonyl (C=O) groups excluding carboxylic acids is 2.